The van der Waals surface area contributed by atoms with Gasteiger partial charge in [-0.05, 0) is 27.2 Å². The van der Waals surface area contributed by atoms with Crippen LogP contribution in [0, 0.1) is 0 Å². The highest BCUT2D eigenvalue weighted by Gasteiger charge is 2.30. The molecule has 0 spiro atoms. The summed E-state index contributed by atoms with van der Waals surface area (Å²) in [6.07, 6.45) is 1.80. The van der Waals surface area contributed by atoms with Crippen molar-refractivity contribution >= 4 is 17.4 Å². The van der Waals surface area contributed by atoms with E-state index in [4.69, 9.17) is 10.5 Å². The molecule has 1 aliphatic heterocycles. The van der Waals surface area contributed by atoms with Gasteiger partial charge in [0.05, 0.1) is 0 Å². The lowest BCUT2D eigenvalue weighted by Crippen LogP contribution is -3.16. The highest BCUT2D eigenvalue weighted by Crippen LogP contribution is 2.16. The number of anilines is 2. The van der Waals surface area contributed by atoms with Crippen molar-refractivity contribution in [3.63, 3.8) is 0 Å². The molecule has 1 saturated heterocycles. The Morgan fingerprint density at radius 2 is 1.93 bits per heavy atom. The first-order valence-corrected chi connectivity index (χ1v) is 9.70. The lowest BCUT2D eigenvalue weighted by atomic mass is 10.2. The summed E-state index contributed by atoms with van der Waals surface area (Å²) in [7, 11) is 0. The smallest absolute Gasteiger partial charge is 0.330 e. The van der Waals surface area contributed by atoms with Crippen molar-refractivity contribution in [1.29, 1.82) is 0 Å². The molecule has 0 bridgehead atoms. The summed E-state index contributed by atoms with van der Waals surface area (Å²) in [6, 6.07) is 0. The van der Waals surface area contributed by atoms with E-state index in [1.54, 1.807) is 6.92 Å². The van der Waals surface area contributed by atoms with Gasteiger partial charge in [-0.25, -0.2) is 4.79 Å². The molecule has 3 atom stereocenters. The van der Waals surface area contributed by atoms with Crippen molar-refractivity contribution in [2.45, 2.75) is 59.3 Å². The molecule has 2 heterocycles. The number of carbonyl (C=O) groups is 1. The predicted molar refractivity (Wildman–Crippen MR) is 104 cm³/mol. The van der Waals surface area contributed by atoms with Crippen LogP contribution in [0.1, 0.15) is 40.5 Å². The molecule has 1 unspecified atom stereocenters. The molecule has 0 aromatic carbocycles. The second-order valence-corrected chi connectivity index (χ2v) is 7.23. The minimum Gasteiger partial charge on any atom is -0.383 e. The average Bonchev–Trinajstić information content (AvgIpc) is 2.57. The topological polar surface area (TPSA) is 115 Å². The summed E-state index contributed by atoms with van der Waals surface area (Å²) >= 11 is 0. The average molecular weight is 382 g/mol. The van der Waals surface area contributed by atoms with E-state index in [9.17, 15) is 14.4 Å². The van der Waals surface area contributed by atoms with Crippen molar-refractivity contribution in [2.24, 2.45) is 0 Å². The first-order chi connectivity index (χ1) is 12.8. The zero-order valence-electron chi connectivity index (χ0n) is 16.7. The molecular weight excluding hydrogens is 350 g/mol. The van der Waals surface area contributed by atoms with Crippen molar-refractivity contribution in [3.8, 4) is 0 Å². The maximum Gasteiger partial charge on any atom is 0.330 e. The van der Waals surface area contributed by atoms with Crippen LogP contribution in [0.3, 0.4) is 0 Å². The number of aromatic nitrogens is 2. The Morgan fingerprint density at radius 1 is 1.30 bits per heavy atom. The molecule has 0 saturated carbocycles. The summed E-state index contributed by atoms with van der Waals surface area (Å²) in [5, 5.41) is 0. The van der Waals surface area contributed by atoms with Crippen LogP contribution in [0.4, 0.5) is 11.5 Å². The summed E-state index contributed by atoms with van der Waals surface area (Å²) in [5.74, 6) is -0.141. The number of H-pyrrole nitrogens is 1. The lowest BCUT2D eigenvalue weighted by Gasteiger charge is -2.33. The molecule has 9 heteroatoms. The van der Waals surface area contributed by atoms with E-state index in [1.807, 2.05) is 20.8 Å². The summed E-state index contributed by atoms with van der Waals surface area (Å²) in [6.45, 7) is 10.2. The van der Waals surface area contributed by atoms with E-state index < -0.39 is 11.2 Å². The van der Waals surface area contributed by atoms with E-state index in [2.05, 4.69) is 4.98 Å². The summed E-state index contributed by atoms with van der Waals surface area (Å²) < 4.78 is 7.05. The Balaban J connectivity index is 2.29. The fourth-order valence-electron chi connectivity index (χ4n) is 3.68. The number of unbranched alkanes of at least 4 members (excludes halogenated alkanes) is 1. The first kappa shape index (κ1) is 21.2. The van der Waals surface area contributed by atoms with Crippen LogP contribution in [-0.2, 0) is 16.1 Å². The number of aromatic amines is 1. The second kappa shape index (κ2) is 9.18. The van der Waals surface area contributed by atoms with E-state index in [1.165, 1.54) is 9.47 Å². The molecule has 1 fully saturated rings. The van der Waals surface area contributed by atoms with Gasteiger partial charge >= 0.3 is 5.69 Å². The molecule has 1 aromatic rings. The van der Waals surface area contributed by atoms with E-state index in [-0.39, 0.29) is 36.2 Å². The van der Waals surface area contributed by atoms with Gasteiger partial charge in [0.1, 0.15) is 31.1 Å². The number of rotatable bonds is 7. The van der Waals surface area contributed by atoms with Gasteiger partial charge in [-0.3, -0.25) is 24.0 Å². The number of likely N-dealkylation sites (N-methyl/N-ethyl adjacent to an activating group) is 1. The van der Waals surface area contributed by atoms with Gasteiger partial charge < -0.3 is 15.4 Å². The molecule has 1 aliphatic rings. The monoisotopic (exact) mass is 382 g/mol. The molecule has 1 amide bonds. The van der Waals surface area contributed by atoms with E-state index >= 15 is 0 Å². The molecule has 27 heavy (non-hydrogen) atoms. The number of morpholine rings is 1. The van der Waals surface area contributed by atoms with Gasteiger partial charge in [-0.2, -0.15) is 0 Å². The predicted octanol–water partition coefficient (Wildman–Crippen LogP) is -1.04. The van der Waals surface area contributed by atoms with Gasteiger partial charge in [0, 0.05) is 13.1 Å². The standard InChI is InChI=1S/C18H31N5O4/c1-5-7-8-23-16(19)15(17(25)20-18(23)26)22(6-2)14(24)11-21-9-12(3)27-13(4)10-21/h12-13H,5-11,19H2,1-4H3,(H,20,25,26)/p+1/t12-,13+. The number of amides is 1. The van der Waals surface area contributed by atoms with Gasteiger partial charge in [0.2, 0.25) is 0 Å². The van der Waals surface area contributed by atoms with Crippen LogP contribution >= 0.6 is 0 Å². The number of quaternary nitrogens is 1. The minimum atomic E-state index is -0.626. The minimum absolute atomic E-state index is 0.0473. The zero-order chi connectivity index (χ0) is 20.1. The molecule has 1 aromatic heterocycles. The van der Waals surface area contributed by atoms with Crippen molar-refractivity contribution < 1.29 is 14.4 Å². The Morgan fingerprint density at radius 3 is 2.48 bits per heavy atom. The van der Waals surface area contributed by atoms with Crippen LogP contribution in [0.2, 0.25) is 0 Å². The largest absolute Gasteiger partial charge is 0.383 e. The number of hydrogen-bond donors (Lipinski definition) is 3. The zero-order valence-corrected chi connectivity index (χ0v) is 16.7. The number of nitrogens with two attached hydrogens (primary N) is 1. The van der Waals surface area contributed by atoms with Gasteiger partial charge in [-0.15, -0.1) is 0 Å². The third-order valence-corrected chi connectivity index (χ3v) is 4.85. The summed E-state index contributed by atoms with van der Waals surface area (Å²) in [5.41, 5.74) is 5.03. The third kappa shape index (κ3) is 4.98. The Bertz CT molecular complexity index is 762. The Kier molecular flexibility index (Phi) is 7.20. The molecule has 2 rings (SSSR count). The second-order valence-electron chi connectivity index (χ2n) is 7.23. The van der Waals surface area contributed by atoms with E-state index in [0.29, 0.717) is 13.1 Å². The molecule has 0 radical (unpaired) electrons. The van der Waals surface area contributed by atoms with Crippen LogP contribution in [-0.4, -0.2) is 53.8 Å². The SMILES string of the molecule is CCCCn1c(N)c(N(CC)C(=O)C[NH+]2C[C@@H](C)O[C@@H](C)C2)c(=O)[nH]c1=O. The van der Waals surface area contributed by atoms with Crippen LogP contribution in [0.25, 0.3) is 0 Å². The Hall–Kier alpha value is -2.13. The quantitative estimate of drug-likeness (QED) is 0.557. The molecule has 152 valence electrons. The maximum atomic E-state index is 12.9. The van der Waals surface area contributed by atoms with Crippen LogP contribution in [0.15, 0.2) is 9.59 Å². The number of nitrogens with one attached hydrogen (secondary N) is 2. The molecule has 9 nitrogen and oxygen atoms in total. The normalized spacial score (nSPS) is 22.6. The molecular formula is C18H32N5O4+. The first-order valence-electron chi connectivity index (χ1n) is 9.70. The molecule has 4 N–H and O–H groups in total. The van der Waals surface area contributed by atoms with E-state index in [0.717, 1.165) is 30.8 Å². The number of nitrogen functional groups attached to an aromatic ring is 1. The number of ether oxygens (including phenoxy) is 1. The fraction of sp³-hybridized carbons (Fsp3) is 0.722. The Labute approximate surface area is 159 Å². The van der Waals surface area contributed by atoms with Gasteiger partial charge in [-0.1, -0.05) is 13.3 Å². The third-order valence-electron chi connectivity index (χ3n) is 4.85. The molecule has 0 aliphatic carbocycles. The lowest BCUT2D eigenvalue weighted by molar-refractivity contribution is -0.907. The number of carbonyl (C=O) groups excluding carboxylic acids is 1. The number of nitrogens with zero attached hydrogens (tertiary/aromatic N) is 2. The van der Waals surface area contributed by atoms with Gasteiger partial charge in [0.25, 0.3) is 11.5 Å². The highest BCUT2D eigenvalue weighted by molar-refractivity contribution is 5.96. The van der Waals surface area contributed by atoms with Crippen molar-refractivity contribution in [2.75, 3.05) is 36.8 Å². The van der Waals surface area contributed by atoms with Crippen LogP contribution < -0.4 is 26.8 Å². The van der Waals surface area contributed by atoms with Crippen molar-refractivity contribution in [3.05, 3.63) is 20.8 Å². The highest BCUT2D eigenvalue weighted by atomic mass is 16.5. The van der Waals surface area contributed by atoms with Gasteiger partial charge in [0.15, 0.2) is 12.2 Å². The summed E-state index contributed by atoms with van der Waals surface area (Å²) in [4.78, 5) is 42.2. The number of hydrogen-bond acceptors (Lipinski definition) is 5. The fourth-order valence-corrected chi connectivity index (χ4v) is 3.68. The van der Waals surface area contributed by atoms with Crippen molar-refractivity contribution in [1.82, 2.24) is 9.55 Å². The van der Waals surface area contributed by atoms with Crippen LogP contribution in [0.5, 0.6) is 0 Å². The maximum absolute atomic E-state index is 12.9.